The van der Waals surface area contributed by atoms with Gasteiger partial charge in [0.25, 0.3) is 5.91 Å². The van der Waals surface area contributed by atoms with E-state index in [0.29, 0.717) is 30.2 Å². The number of rotatable bonds is 8. The molecule has 0 saturated carbocycles. The van der Waals surface area contributed by atoms with Crippen molar-refractivity contribution in [2.45, 2.75) is 31.7 Å². The van der Waals surface area contributed by atoms with Crippen molar-refractivity contribution in [3.05, 3.63) is 72.2 Å². The second kappa shape index (κ2) is 10.7. The minimum absolute atomic E-state index is 0.0430. The lowest BCUT2D eigenvalue weighted by Gasteiger charge is -2.49. The zero-order valence-corrected chi connectivity index (χ0v) is 21.4. The third-order valence-corrected chi connectivity index (χ3v) is 7.44. The van der Waals surface area contributed by atoms with Crippen molar-refractivity contribution in [2.24, 2.45) is 5.92 Å². The van der Waals surface area contributed by atoms with Crippen LogP contribution in [0.3, 0.4) is 0 Å². The largest absolute Gasteiger partial charge is 0.484 e. The highest BCUT2D eigenvalue weighted by Gasteiger charge is 2.41. The Hall–Kier alpha value is -3.45. The molecule has 6 rings (SSSR count). The van der Waals surface area contributed by atoms with Gasteiger partial charge in [0.1, 0.15) is 11.6 Å². The number of hydrogen-bond donors (Lipinski definition) is 1. The van der Waals surface area contributed by atoms with E-state index in [2.05, 4.69) is 45.4 Å². The Bertz CT molecular complexity index is 1180. The first-order valence-electron chi connectivity index (χ1n) is 12.8. The van der Waals surface area contributed by atoms with Gasteiger partial charge in [0.2, 0.25) is 0 Å². The second-order valence-corrected chi connectivity index (χ2v) is 10.1. The van der Waals surface area contributed by atoms with Gasteiger partial charge in [-0.05, 0) is 62.6 Å². The number of aromatic nitrogens is 2. The van der Waals surface area contributed by atoms with Crippen LogP contribution in [-0.4, -0.2) is 67.2 Å². The number of para-hydroxylation sites is 1. The molecule has 3 fully saturated rings. The van der Waals surface area contributed by atoms with Crippen molar-refractivity contribution in [3.63, 3.8) is 0 Å². The van der Waals surface area contributed by atoms with Crippen LogP contribution in [0.1, 0.15) is 30.3 Å². The Morgan fingerprint density at radius 2 is 1.89 bits per heavy atom. The highest BCUT2D eigenvalue weighted by molar-refractivity contribution is 5.77. The van der Waals surface area contributed by atoms with E-state index in [9.17, 15) is 4.79 Å². The SMILES string of the molecule is Cc1nc(-c2ccc(N(C)C)cc2)cc(C2CN3CCC2CC3CNC(=O)COc2ccccc2)n1. The number of nitrogens with one attached hydrogen (secondary N) is 1. The van der Waals surface area contributed by atoms with Crippen molar-refractivity contribution in [2.75, 3.05) is 45.2 Å². The summed E-state index contributed by atoms with van der Waals surface area (Å²) in [5, 5.41) is 3.08. The van der Waals surface area contributed by atoms with Crippen LogP contribution in [0.25, 0.3) is 11.3 Å². The van der Waals surface area contributed by atoms with E-state index in [1.807, 2.05) is 51.4 Å². The lowest BCUT2D eigenvalue weighted by Crippen LogP contribution is -2.56. The van der Waals surface area contributed by atoms with Crippen LogP contribution in [0.15, 0.2) is 60.7 Å². The van der Waals surface area contributed by atoms with Gasteiger partial charge in [0, 0.05) is 56.1 Å². The van der Waals surface area contributed by atoms with Crippen LogP contribution in [0.5, 0.6) is 5.75 Å². The van der Waals surface area contributed by atoms with Crippen molar-refractivity contribution >= 4 is 11.6 Å². The molecule has 3 aliphatic heterocycles. The summed E-state index contributed by atoms with van der Waals surface area (Å²) in [6, 6.07) is 20.5. The maximum atomic E-state index is 12.3. The number of aryl methyl sites for hydroxylation is 1. The Morgan fingerprint density at radius 3 is 2.58 bits per heavy atom. The van der Waals surface area contributed by atoms with Gasteiger partial charge in [-0.15, -0.1) is 0 Å². The Kier molecular flexibility index (Phi) is 7.18. The Labute approximate surface area is 213 Å². The van der Waals surface area contributed by atoms with Crippen LogP contribution in [0, 0.1) is 12.8 Å². The first kappa shape index (κ1) is 24.3. The zero-order chi connectivity index (χ0) is 25.1. The number of carbonyl (C=O) groups is 1. The molecule has 4 atom stereocenters. The number of anilines is 1. The molecule has 7 nitrogen and oxygen atoms in total. The summed E-state index contributed by atoms with van der Waals surface area (Å²) in [4.78, 5) is 26.6. The summed E-state index contributed by atoms with van der Waals surface area (Å²) in [7, 11) is 4.10. The molecule has 4 unspecified atom stereocenters. The smallest absolute Gasteiger partial charge is 0.257 e. The molecule has 3 aliphatic rings. The van der Waals surface area contributed by atoms with Crippen molar-refractivity contribution in [1.29, 1.82) is 0 Å². The molecule has 3 aromatic rings. The van der Waals surface area contributed by atoms with Crippen LogP contribution in [0.2, 0.25) is 0 Å². The number of hydrogen-bond acceptors (Lipinski definition) is 6. The molecule has 1 N–H and O–H groups in total. The van der Waals surface area contributed by atoms with Gasteiger partial charge >= 0.3 is 0 Å². The fraction of sp³-hybridized carbons (Fsp3) is 0.414. The monoisotopic (exact) mass is 485 g/mol. The maximum absolute atomic E-state index is 12.3. The number of carbonyl (C=O) groups excluding carboxylic acids is 1. The van der Waals surface area contributed by atoms with Crippen molar-refractivity contribution < 1.29 is 9.53 Å². The summed E-state index contributed by atoms with van der Waals surface area (Å²) in [5.74, 6) is 2.42. The van der Waals surface area contributed by atoms with Gasteiger partial charge in [-0.1, -0.05) is 30.3 Å². The fourth-order valence-corrected chi connectivity index (χ4v) is 5.49. The van der Waals surface area contributed by atoms with Gasteiger partial charge in [0.05, 0.1) is 5.69 Å². The van der Waals surface area contributed by atoms with E-state index in [1.54, 1.807) is 0 Å². The third kappa shape index (κ3) is 5.51. The summed E-state index contributed by atoms with van der Waals surface area (Å²) in [6.45, 7) is 4.73. The molecule has 7 heteroatoms. The highest BCUT2D eigenvalue weighted by atomic mass is 16.5. The molecule has 0 spiro atoms. The number of fused-ring (bicyclic) bond motifs is 3. The molecule has 0 radical (unpaired) electrons. The van der Waals surface area contributed by atoms with Crippen LogP contribution in [0.4, 0.5) is 5.69 Å². The average molecular weight is 486 g/mol. The number of ether oxygens (including phenoxy) is 1. The zero-order valence-electron chi connectivity index (χ0n) is 21.4. The lowest BCUT2D eigenvalue weighted by atomic mass is 9.74. The van der Waals surface area contributed by atoms with Crippen LogP contribution < -0.4 is 15.0 Å². The van der Waals surface area contributed by atoms with Crippen LogP contribution >= 0.6 is 0 Å². The molecule has 2 bridgehead atoms. The summed E-state index contributed by atoms with van der Waals surface area (Å²) >= 11 is 0. The highest BCUT2D eigenvalue weighted by Crippen LogP contribution is 2.41. The third-order valence-electron chi connectivity index (χ3n) is 7.44. The molecule has 1 aromatic heterocycles. The number of benzene rings is 2. The van der Waals surface area contributed by atoms with E-state index >= 15 is 0 Å². The standard InChI is InChI=1S/C29H35N5O2/c1-20-31-27(21-9-11-23(12-10-21)33(2)3)16-28(32-20)26-18-34-14-13-22(26)15-24(34)17-30-29(35)19-36-25-7-5-4-6-8-25/h4-12,16,22,24,26H,13-15,17-19H2,1-3H3,(H,30,35). The van der Waals surface area contributed by atoms with E-state index in [-0.39, 0.29) is 12.5 Å². The van der Waals surface area contributed by atoms with E-state index < -0.39 is 0 Å². The first-order chi connectivity index (χ1) is 17.5. The number of piperidine rings is 3. The van der Waals surface area contributed by atoms with E-state index in [0.717, 1.165) is 42.3 Å². The predicted octanol–water partition coefficient (Wildman–Crippen LogP) is 3.89. The molecule has 36 heavy (non-hydrogen) atoms. The lowest BCUT2D eigenvalue weighted by molar-refractivity contribution is -0.123. The normalized spacial score (nSPS) is 22.8. The van der Waals surface area contributed by atoms with Gasteiger partial charge in [-0.3, -0.25) is 9.69 Å². The topological polar surface area (TPSA) is 70.6 Å². The summed E-state index contributed by atoms with van der Waals surface area (Å²) in [5.41, 5.74) is 4.42. The van der Waals surface area contributed by atoms with Crippen LogP contribution in [-0.2, 0) is 4.79 Å². The maximum Gasteiger partial charge on any atom is 0.257 e. The molecule has 2 aromatic carbocycles. The number of amides is 1. The molecule has 0 aliphatic carbocycles. The predicted molar refractivity (Wildman–Crippen MR) is 142 cm³/mol. The number of nitrogens with zero attached hydrogens (tertiary/aromatic N) is 4. The molecule has 1 amide bonds. The van der Waals surface area contributed by atoms with E-state index in [4.69, 9.17) is 14.7 Å². The van der Waals surface area contributed by atoms with Gasteiger partial charge in [-0.25, -0.2) is 9.97 Å². The van der Waals surface area contributed by atoms with Gasteiger partial charge < -0.3 is 15.0 Å². The summed E-state index contributed by atoms with van der Waals surface area (Å²) in [6.07, 6.45) is 2.24. The van der Waals surface area contributed by atoms with Gasteiger partial charge in [0.15, 0.2) is 6.61 Å². The molecule has 188 valence electrons. The molecular weight excluding hydrogens is 450 g/mol. The summed E-state index contributed by atoms with van der Waals surface area (Å²) < 4.78 is 5.58. The molecular formula is C29H35N5O2. The Balaban J connectivity index is 1.20. The first-order valence-corrected chi connectivity index (χ1v) is 12.8. The van der Waals surface area contributed by atoms with E-state index in [1.165, 1.54) is 12.1 Å². The molecule has 3 saturated heterocycles. The van der Waals surface area contributed by atoms with Crippen molar-refractivity contribution in [1.82, 2.24) is 20.2 Å². The quantitative estimate of drug-likeness (QED) is 0.522. The fourth-order valence-electron chi connectivity index (χ4n) is 5.49. The minimum atomic E-state index is -0.0746. The van der Waals surface area contributed by atoms with Gasteiger partial charge in [-0.2, -0.15) is 0 Å². The minimum Gasteiger partial charge on any atom is -0.484 e. The second-order valence-electron chi connectivity index (χ2n) is 10.1. The average Bonchev–Trinajstić information content (AvgIpc) is 2.91. The Morgan fingerprint density at radius 1 is 1.11 bits per heavy atom. The van der Waals surface area contributed by atoms with Crippen molar-refractivity contribution in [3.8, 4) is 17.0 Å². The molecule has 4 heterocycles.